The molecule has 2 aromatic rings. The zero-order chi connectivity index (χ0) is 18.4. The summed E-state index contributed by atoms with van der Waals surface area (Å²) in [6.45, 7) is 1.36. The summed E-state index contributed by atoms with van der Waals surface area (Å²) in [7, 11) is 1.37. The van der Waals surface area contributed by atoms with Crippen LogP contribution in [0.25, 0.3) is 6.08 Å². The molecule has 0 aromatic heterocycles. The Hall–Kier alpha value is -2.86. The lowest BCUT2D eigenvalue weighted by Crippen LogP contribution is -2.13. The second kappa shape index (κ2) is 8.30. The van der Waals surface area contributed by atoms with Crippen molar-refractivity contribution in [1.82, 2.24) is 0 Å². The van der Waals surface area contributed by atoms with Gasteiger partial charge >= 0.3 is 0 Å². The molecule has 0 fully saturated rings. The predicted molar refractivity (Wildman–Crippen MR) is 96.4 cm³/mol. The molecule has 7 heteroatoms. The molecule has 130 valence electrons. The Kier molecular flexibility index (Phi) is 6.14. The number of rotatable bonds is 5. The van der Waals surface area contributed by atoms with Gasteiger partial charge in [0, 0.05) is 18.0 Å². The second-order valence-electron chi connectivity index (χ2n) is 5.09. The molecular formula is C18H16ClFN2O3. The van der Waals surface area contributed by atoms with E-state index in [2.05, 4.69) is 10.6 Å². The average Bonchev–Trinajstić information content (AvgIpc) is 2.55. The van der Waals surface area contributed by atoms with Crippen molar-refractivity contribution in [3.05, 3.63) is 58.9 Å². The smallest absolute Gasteiger partial charge is 0.248 e. The molecule has 5 nitrogen and oxygen atoms in total. The highest BCUT2D eigenvalue weighted by Crippen LogP contribution is 2.26. The van der Waals surface area contributed by atoms with Gasteiger partial charge in [-0.05, 0) is 42.0 Å². The van der Waals surface area contributed by atoms with E-state index < -0.39 is 11.7 Å². The van der Waals surface area contributed by atoms with Crippen molar-refractivity contribution in [2.45, 2.75) is 6.92 Å². The van der Waals surface area contributed by atoms with E-state index in [4.69, 9.17) is 16.3 Å². The fraction of sp³-hybridized carbons (Fsp3) is 0.111. The minimum absolute atomic E-state index is 0.125. The molecule has 0 aliphatic rings. The topological polar surface area (TPSA) is 67.4 Å². The fourth-order valence-electron chi connectivity index (χ4n) is 2.05. The van der Waals surface area contributed by atoms with E-state index in [0.717, 1.165) is 0 Å². The molecule has 2 aromatic carbocycles. The monoisotopic (exact) mass is 362 g/mol. The quantitative estimate of drug-likeness (QED) is 0.787. The van der Waals surface area contributed by atoms with E-state index >= 15 is 0 Å². The van der Waals surface area contributed by atoms with Crippen LogP contribution >= 0.6 is 11.6 Å². The number of benzene rings is 2. The summed E-state index contributed by atoms with van der Waals surface area (Å²) in [6, 6.07) is 9.04. The minimum atomic E-state index is -0.521. The Morgan fingerprint density at radius 2 is 1.88 bits per heavy atom. The molecule has 0 aliphatic carbocycles. The van der Waals surface area contributed by atoms with Gasteiger partial charge in [-0.2, -0.15) is 0 Å². The molecule has 2 amide bonds. The first kappa shape index (κ1) is 18.5. The molecule has 0 radical (unpaired) electrons. The summed E-state index contributed by atoms with van der Waals surface area (Å²) in [5, 5.41) is 5.63. The maximum absolute atomic E-state index is 13.6. The zero-order valence-electron chi connectivity index (χ0n) is 13.6. The average molecular weight is 363 g/mol. The van der Waals surface area contributed by atoms with Crippen LogP contribution in [0.4, 0.5) is 15.8 Å². The first-order valence-corrected chi connectivity index (χ1v) is 7.66. The van der Waals surface area contributed by atoms with Crippen LogP contribution in [-0.2, 0) is 9.59 Å². The second-order valence-corrected chi connectivity index (χ2v) is 5.52. The van der Waals surface area contributed by atoms with E-state index in [9.17, 15) is 14.0 Å². The van der Waals surface area contributed by atoms with Crippen LogP contribution in [0, 0.1) is 5.82 Å². The molecular weight excluding hydrogens is 347 g/mol. The Balaban J connectivity index is 2.13. The first-order valence-electron chi connectivity index (χ1n) is 7.29. The molecule has 0 heterocycles. The number of carbonyl (C=O) groups is 2. The predicted octanol–water partition coefficient (Wildman–Crippen LogP) is 4.10. The summed E-state index contributed by atoms with van der Waals surface area (Å²) in [6.07, 6.45) is 2.71. The van der Waals surface area contributed by atoms with E-state index in [0.29, 0.717) is 22.0 Å². The molecule has 0 spiro atoms. The number of carbonyl (C=O) groups excluding carboxylic acids is 2. The molecule has 25 heavy (non-hydrogen) atoms. The van der Waals surface area contributed by atoms with Gasteiger partial charge < -0.3 is 15.4 Å². The number of nitrogens with one attached hydrogen (secondary N) is 2. The third-order valence-electron chi connectivity index (χ3n) is 3.15. The van der Waals surface area contributed by atoms with Gasteiger partial charge in [-0.15, -0.1) is 0 Å². The number of amides is 2. The van der Waals surface area contributed by atoms with Crippen molar-refractivity contribution in [2.24, 2.45) is 0 Å². The first-order chi connectivity index (χ1) is 11.9. The third kappa shape index (κ3) is 5.32. The Morgan fingerprint density at radius 3 is 2.52 bits per heavy atom. The highest BCUT2D eigenvalue weighted by molar-refractivity contribution is 6.31. The molecule has 2 N–H and O–H groups in total. The molecule has 0 saturated carbocycles. The highest BCUT2D eigenvalue weighted by Gasteiger charge is 2.08. The van der Waals surface area contributed by atoms with E-state index in [-0.39, 0.29) is 11.7 Å². The third-order valence-corrected chi connectivity index (χ3v) is 3.39. The van der Waals surface area contributed by atoms with Crippen molar-refractivity contribution >= 4 is 40.9 Å². The van der Waals surface area contributed by atoms with Crippen molar-refractivity contribution in [3.8, 4) is 5.75 Å². The van der Waals surface area contributed by atoms with E-state index in [1.165, 1.54) is 44.4 Å². The van der Waals surface area contributed by atoms with Crippen LogP contribution in [0.5, 0.6) is 5.75 Å². The van der Waals surface area contributed by atoms with Crippen LogP contribution in [0.15, 0.2) is 42.5 Å². The highest BCUT2D eigenvalue weighted by atomic mass is 35.5. The van der Waals surface area contributed by atoms with Gasteiger partial charge in [0.1, 0.15) is 0 Å². The molecule has 0 aliphatic heterocycles. The Bertz CT molecular complexity index is 837. The van der Waals surface area contributed by atoms with Gasteiger partial charge in [-0.25, -0.2) is 4.39 Å². The van der Waals surface area contributed by atoms with E-state index in [1.54, 1.807) is 18.2 Å². The largest absolute Gasteiger partial charge is 0.494 e. The zero-order valence-corrected chi connectivity index (χ0v) is 14.4. The summed E-state index contributed by atoms with van der Waals surface area (Å²) in [4.78, 5) is 23.3. The summed E-state index contributed by atoms with van der Waals surface area (Å²) in [5.74, 6) is -1.12. The molecule has 0 saturated heterocycles. The maximum atomic E-state index is 13.6. The van der Waals surface area contributed by atoms with Crippen molar-refractivity contribution in [2.75, 3.05) is 17.7 Å². The SMILES string of the molecule is COc1ccc(C=CC(=O)Nc2cc(Cl)ccc2NC(C)=O)cc1F. The van der Waals surface area contributed by atoms with Crippen LogP contribution < -0.4 is 15.4 Å². The lowest BCUT2D eigenvalue weighted by molar-refractivity contribution is -0.114. The number of halogens is 2. The normalized spacial score (nSPS) is 10.6. The molecule has 0 unspecified atom stereocenters. The van der Waals surface area contributed by atoms with Gasteiger partial charge in [0.2, 0.25) is 11.8 Å². The van der Waals surface area contributed by atoms with Gasteiger partial charge in [0.25, 0.3) is 0 Å². The summed E-state index contributed by atoms with van der Waals surface area (Å²) in [5.41, 5.74) is 1.29. The van der Waals surface area contributed by atoms with Crippen molar-refractivity contribution in [1.29, 1.82) is 0 Å². The van der Waals surface area contributed by atoms with Crippen molar-refractivity contribution in [3.63, 3.8) is 0 Å². The van der Waals surface area contributed by atoms with Crippen LogP contribution in [-0.4, -0.2) is 18.9 Å². The fourth-order valence-corrected chi connectivity index (χ4v) is 2.22. The lowest BCUT2D eigenvalue weighted by atomic mass is 10.2. The number of hydrogen-bond acceptors (Lipinski definition) is 3. The number of ether oxygens (including phenoxy) is 1. The van der Waals surface area contributed by atoms with Gasteiger partial charge in [-0.1, -0.05) is 17.7 Å². The Labute approximate surface area is 149 Å². The molecule has 0 bridgehead atoms. The van der Waals surface area contributed by atoms with Crippen LogP contribution in [0.3, 0.4) is 0 Å². The van der Waals surface area contributed by atoms with Gasteiger partial charge in [-0.3, -0.25) is 9.59 Å². The lowest BCUT2D eigenvalue weighted by Gasteiger charge is -2.10. The van der Waals surface area contributed by atoms with E-state index in [1.807, 2.05) is 0 Å². The molecule has 0 atom stereocenters. The summed E-state index contributed by atoms with van der Waals surface area (Å²) < 4.78 is 18.5. The van der Waals surface area contributed by atoms with Crippen LogP contribution in [0.1, 0.15) is 12.5 Å². The van der Waals surface area contributed by atoms with Gasteiger partial charge in [0.05, 0.1) is 18.5 Å². The summed E-state index contributed by atoms with van der Waals surface area (Å²) >= 11 is 5.92. The Morgan fingerprint density at radius 1 is 1.12 bits per heavy atom. The number of hydrogen-bond donors (Lipinski definition) is 2. The number of methoxy groups -OCH3 is 1. The van der Waals surface area contributed by atoms with Gasteiger partial charge in [0.15, 0.2) is 11.6 Å². The maximum Gasteiger partial charge on any atom is 0.248 e. The van der Waals surface area contributed by atoms with Crippen molar-refractivity contribution < 1.29 is 18.7 Å². The molecule has 2 rings (SSSR count). The standard InChI is InChI=1S/C18H16ClFN2O3/c1-11(23)21-15-6-5-13(19)10-16(15)22-18(24)8-4-12-3-7-17(25-2)14(20)9-12/h3-10H,1-2H3,(H,21,23)(H,22,24). The van der Waals surface area contributed by atoms with Crippen LogP contribution in [0.2, 0.25) is 5.02 Å². The number of anilines is 2. The minimum Gasteiger partial charge on any atom is -0.494 e.